The summed E-state index contributed by atoms with van der Waals surface area (Å²) < 4.78 is 0. The molecule has 1 saturated carbocycles. The first-order valence-corrected chi connectivity index (χ1v) is 10.6. The lowest BCUT2D eigenvalue weighted by atomic mass is 10.1. The molecule has 1 N–H and O–H groups in total. The third-order valence-electron chi connectivity index (χ3n) is 5.52. The lowest BCUT2D eigenvalue weighted by Crippen LogP contribution is -2.40. The maximum Gasteiger partial charge on any atom is 0.261 e. The van der Waals surface area contributed by atoms with Crippen LogP contribution in [0, 0.1) is 13.8 Å². The zero-order valence-corrected chi connectivity index (χ0v) is 17.6. The second-order valence-electron chi connectivity index (χ2n) is 7.68. The van der Waals surface area contributed by atoms with Crippen LogP contribution in [0.2, 0.25) is 0 Å². The average molecular weight is 395 g/mol. The fourth-order valence-electron chi connectivity index (χ4n) is 3.48. The van der Waals surface area contributed by atoms with Gasteiger partial charge in [-0.2, -0.15) is 0 Å². The second-order valence-corrected chi connectivity index (χ2v) is 8.68. The standard InChI is InChI=1S/C22H26N4OS/c1-13(26(4)17-8-6-5-7-9-17)12-23-21(27)19-14(2)18-15(3)24-20(16-10-11-16)25-22(18)28-19/h5-9,13,16H,10-12H2,1-4H3,(H,23,27). The van der Waals surface area contributed by atoms with Gasteiger partial charge in [-0.15, -0.1) is 11.3 Å². The van der Waals surface area contributed by atoms with E-state index in [1.807, 2.05) is 32.0 Å². The minimum Gasteiger partial charge on any atom is -0.370 e. The van der Waals surface area contributed by atoms with E-state index in [9.17, 15) is 4.79 Å². The van der Waals surface area contributed by atoms with E-state index in [-0.39, 0.29) is 11.9 Å². The Morgan fingerprint density at radius 2 is 1.96 bits per heavy atom. The number of aryl methyl sites for hydroxylation is 2. The van der Waals surface area contributed by atoms with Gasteiger partial charge in [0.25, 0.3) is 5.91 Å². The number of carbonyl (C=O) groups is 1. The first kappa shape index (κ1) is 18.9. The van der Waals surface area contributed by atoms with Gasteiger partial charge in [0, 0.05) is 36.6 Å². The summed E-state index contributed by atoms with van der Waals surface area (Å²) in [5, 5.41) is 4.14. The largest absolute Gasteiger partial charge is 0.370 e. The van der Waals surface area contributed by atoms with Crippen LogP contribution in [0.3, 0.4) is 0 Å². The fourth-order valence-corrected chi connectivity index (χ4v) is 4.63. The van der Waals surface area contributed by atoms with Crippen LogP contribution in [-0.4, -0.2) is 35.5 Å². The van der Waals surface area contributed by atoms with Crippen molar-refractivity contribution in [1.29, 1.82) is 0 Å². The highest BCUT2D eigenvalue weighted by atomic mass is 32.1. The van der Waals surface area contributed by atoms with Crippen molar-refractivity contribution in [2.45, 2.75) is 45.6 Å². The molecule has 1 amide bonds. The number of nitrogens with one attached hydrogen (secondary N) is 1. The molecule has 1 aliphatic rings. The molecule has 146 valence electrons. The molecule has 1 aromatic carbocycles. The van der Waals surface area contributed by atoms with Crippen LogP contribution < -0.4 is 10.2 Å². The molecule has 0 spiro atoms. The van der Waals surface area contributed by atoms with Gasteiger partial charge in [-0.25, -0.2) is 9.97 Å². The normalized spacial score (nSPS) is 14.9. The number of fused-ring (bicyclic) bond motifs is 1. The minimum atomic E-state index is -0.0267. The summed E-state index contributed by atoms with van der Waals surface area (Å²) in [5.41, 5.74) is 3.11. The second kappa shape index (κ2) is 7.51. The maximum absolute atomic E-state index is 12.9. The Labute approximate surface area is 169 Å². The Bertz CT molecular complexity index is 1010. The van der Waals surface area contributed by atoms with Crippen LogP contribution in [0.4, 0.5) is 5.69 Å². The highest BCUT2D eigenvalue weighted by molar-refractivity contribution is 7.20. The summed E-state index contributed by atoms with van der Waals surface area (Å²) in [6.07, 6.45) is 2.35. The highest BCUT2D eigenvalue weighted by Crippen LogP contribution is 2.40. The summed E-state index contributed by atoms with van der Waals surface area (Å²) >= 11 is 1.49. The van der Waals surface area contributed by atoms with Gasteiger partial charge >= 0.3 is 0 Å². The van der Waals surface area contributed by atoms with Gasteiger partial charge < -0.3 is 10.2 Å². The summed E-state index contributed by atoms with van der Waals surface area (Å²) in [7, 11) is 2.05. The topological polar surface area (TPSA) is 58.1 Å². The summed E-state index contributed by atoms with van der Waals surface area (Å²) in [6.45, 7) is 6.72. The zero-order chi connectivity index (χ0) is 19.8. The number of aromatic nitrogens is 2. The molecule has 4 rings (SSSR count). The van der Waals surface area contributed by atoms with Crippen LogP contribution in [0.5, 0.6) is 0 Å². The van der Waals surface area contributed by atoms with Gasteiger partial charge in [0.2, 0.25) is 0 Å². The van der Waals surface area contributed by atoms with Crippen molar-refractivity contribution < 1.29 is 4.79 Å². The molecule has 1 atom stereocenters. The Morgan fingerprint density at radius 3 is 2.64 bits per heavy atom. The van der Waals surface area contributed by atoms with Crippen molar-refractivity contribution in [1.82, 2.24) is 15.3 Å². The minimum absolute atomic E-state index is 0.0267. The summed E-state index contributed by atoms with van der Waals surface area (Å²) in [6, 6.07) is 10.4. The molecule has 6 heteroatoms. The van der Waals surface area contributed by atoms with E-state index in [1.54, 1.807) is 0 Å². The quantitative estimate of drug-likeness (QED) is 0.671. The number of likely N-dealkylation sites (N-methyl/N-ethyl adjacent to an activating group) is 1. The molecular weight excluding hydrogens is 368 g/mol. The van der Waals surface area contributed by atoms with Crippen molar-refractivity contribution in [3.63, 3.8) is 0 Å². The Morgan fingerprint density at radius 1 is 1.25 bits per heavy atom. The third kappa shape index (κ3) is 3.61. The molecule has 3 aromatic rings. The molecule has 1 aliphatic carbocycles. The number of hydrogen-bond acceptors (Lipinski definition) is 5. The van der Waals surface area contributed by atoms with Crippen molar-refractivity contribution in [3.05, 3.63) is 52.3 Å². The molecule has 5 nitrogen and oxygen atoms in total. The van der Waals surface area contributed by atoms with Gasteiger partial charge in [-0.3, -0.25) is 4.79 Å². The van der Waals surface area contributed by atoms with E-state index in [4.69, 9.17) is 4.98 Å². The molecular formula is C22H26N4OS. The molecule has 0 saturated heterocycles. The van der Waals surface area contributed by atoms with E-state index in [0.717, 1.165) is 37.9 Å². The average Bonchev–Trinajstić information content (AvgIpc) is 3.49. The van der Waals surface area contributed by atoms with E-state index in [1.165, 1.54) is 24.2 Å². The third-order valence-corrected chi connectivity index (χ3v) is 6.70. The maximum atomic E-state index is 12.9. The number of benzene rings is 1. The Hall–Kier alpha value is -2.47. The first-order valence-electron chi connectivity index (χ1n) is 9.79. The Kier molecular flexibility index (Phi) is 5.06. The summed E-state index contributed by atoms with van der Waals surface area (Å²) in [4.78, 5) is 26.2. The number of thiophene rings is 1. The number of amides is 1. The van der Waals surface area contributed by atoms with Gasteiger partial charge in [-0.1, -0.05) is 18.2 Å². The van der Waals surface area contributed by atoms with Crippen molar-refractivity contribution in [2.24, 2.45) is 0 Å². The number of rotatable bonds is 6. The van der Waals surface area contributed by atoms with Crippen LogP contribution in [0.25, 0.3) is 10.2 Å². The Balaban J connectivity index is 1.49. The van der Waals surface area contributed by atoms with Gasteiger partial charge in [0.15, 0.2) is 0 Å². The van der Waals surface area contributed by atoms with Crippen LogP contribution in [-0.2, 0) is 0 Å². The van der Waals surface area contributed by atoms with E-state index < -0.39 is 0 Å². The van der Waals surface area contributed by atoms with Gasteiger partial charge in [0.1, 0.15) is 10.7 Å². The van der Waals surface area contributed by atoms with Crippen molar-refractivity contribution in [3.8, 4) is 0 Å². The van der Waals surface area contributed by atoms with Crippen molar-refractivity contribution >= 4 is 33.1 Å². The van der Waals surface area contributed by atoms with E-state index in [2.05, 4.69) is 41.3 Å². The molecule has 28 heavy (non-hydrogen) atoms. The highest BCUT2D eigenvalue weighted by Gasteiger charge is 2.28. The lowest BCUT2D eigenvalue weighted by molar-refractivity contribution is 0.0955. The van der Waals surface area contributed by atoms with Crippen LogP contribution in [0.1, 0.15) is 52.4 Å². The number of carbonyl (C=O) groups excluding carboxylic acids is 1. The monoisotopic (exact) mass is 394 g/mol. The van der Waals surface area contributed by atoms with Crippen molar-refractivity contribution in [2.75, 3.05) is 18.5 Å². The van der Waals surface area contributed by atoms with E-state index in [0.29, 0.717) is 12.5 Å². The molecule has 0 aliphatic heterocycles. The lowest BCUT2D eigenvalue weighted by Gasteiger charge is -2.27. The fraction of sp³-hybridized carbons (Fsp3) is 0.409. The number of hydrogen-bond donors (Lipinski definition) is 1. The molecule has 1 fully saturated rings. The zero-order valence-electron chi connectivity index (χ0n) is 16.8. The number of nitrogens with zero attached hydrogens (tertiary/aromatic N) is 3. The van der Waals surface area contributed by atoms with Crippen LogP contribution >= 0.6 is 11.3 Å². The molecule has 2 heterocycles. The number of anilines is 1. The SMILES string of the molecule is Cc1nc(C2CC2)nc2sc(C(=O)NCC(C)N(C)c3ccccc3)c(C)c12. The predicted molar refractivity (Wildman–Crippen MR) is 116 cm³/mol. The van der Waals surface area contributed by atoms with Crippen LogP contribution in [0.15, 0.2) is 30.3 Å². The molecule has 1 unspecified atom stereocenters. The molecule has 2 aromatic heterocycles. The molecule has 0 radical (unpaired) electrons. The molecule has 0 bridgehead atoms. The van der Waals surface area contributed by atoms with E-state index >= 15 is 0 Å². The predicted octanol–water partition coefficient (Wildman–Crippen LogP) is 4.44. The number of para-hydroxylation sites is 1. The first-order chi connectivity index (χ1) is 13.5. The van der Waals surface area contributed by atoms with Gasteiger partial charge in [-0.05, 0) is 51.3 Å². The smallest absolute Gasteiger partial charge is 0.261 e. The summed E-state index contributed by atoms with van der Waals surface area (Å²) in [5.74, 6) is 1.43. The van der Waals surface area contributed by atoms with Gasteiger partial charge in [0.05, 0.1) is 10.6 Å².